The molecule has 1 aromatic rings. The molecule has 0 N–H and O–H groups in total. The lowest BCUT2D eigenvalue weighted by Crippen LogP contribution is -2.22. The Balaban J connectivity index is 2.92. The second-order valence-electron chi connectivity index (χ2n) is 4.75. The molecule has 94 valence electrons. The number of Topliss-reactive ketones (excluding diaryl/α,β-unsaturated/α-hetero) is 1. The van der Waals surface area contributed by atoms with Gasteiger partial charge in [-0.3, -0.25) is 4.79 Å². The summed E-state index contributed by atoms with van der Waals surface area (Å²) in [6.45, 7) is 8.06. The van der Waals surface area contributed by atoms with Crippen molar-refractivity contribution >= 4 is 37.6 Å². The number of rotatable bonds is 4. The molecule has 0 saturated heterocycles. The van der Waals surface area contributed by atoms with Crippen molar-refractivity contribution in [2.24, 2.45) is 5.92 Å². The molecular formula is C14H18Br2O. The summed E-state index contributed by atoms with van der Waals surface area (Å²) in [7, 11) is 0. The Morgan fingerprint density at radius 3 is 2.12 bits per heavy atom. The van der Waals surface area contributed by atoms with Gasteiger partial charge in [-0.25, -0.2) is 0 Å². The van der Waals surface area contributed by atoms with Crippen LogP contribution in [0.25, 0.3) is 0 Å². The summed E-state index contributed by atoms with van der Waals surface area (Å²) in [5.74, 6) is 0.349. The van der Waals surface area contributed by atoms with E-state index in [2.05, 4.69) is 57.8 Å². The predicted octanol–water partition coefficient (Wildman–Crippen LogP) is 4.60. The highest BCUT2D eigenvalue weighted by molar-refractivity contribution is 9.10. The average Bonchev–Trinajstić information content (AvgIpc) is 2.21. The predicted molar refractivity (Wildman–Crippen MR) is 79.9 cm³/mol. The standard InChI is InChI=1S/C14H18Br2O/c1-8(2)14(17)13(16)7-12-9(3)5-11(15)6-10(12)4/h5-6,8,13H,7H2,1-4H3. The van der Waals surface area contributed by atoms with Gasteiger partial charge in [-0.15, -0.1) is 0 Å². The second kappa shape index (κ2) is 6.14. The first-order valence-electron chi connectivity index (χ1n) is 5.76. The summed E-state index contributed by atoms with van der Waals surface area (Å²) in [5.41, 5.74) is 3.74. The van der Waals surface area contributed by atoms with Crippen molar-refractivity contribution in [1.82, 2.24) is 0 Å². The van der Waals surface area contributed by atoms with Crippen LogP contribution >= 0.6 is 31.9 Å². The summed E-state index contributed by atoms with van der Waals surface area (Å²) >= 11 is 6.99. The van der Waals surface area contributed by atoms with Gasteiger partial charge >= 0.3 is 0 Å². The number of benzene rings is 1. The van der Waals surface area contributed by atoms with Gasteiger partial charge in [0.25, 0.3) is 0 Å². The number of ketones is 1. The van der Waals surface area contributed by atoms with Crippen molar-refractivity contribution < 1.29 is 4.79 Å². The third-order valence-corrected chi connectivity index (χ3v) is 4.15. The molecule has 17 heavy (non-hydrogen) atoms. The quantitative estimate of drug-likeness (QED) is 0.716. The molecular weight excluding hydrogens is 344 g/mol. The van der Waals surface area contributed by atoms with Crippen LogP contribution in [0.5, 0.6) is 0 Å². The van der Waals surface area contributed by atoms with Crippen molar-refractivity contribution in [2.45, 2.75) is 38.9 Å². The zero-order valence-electron chi connectivity index (χ0n) is 10.7. The lowest BCUT2D eigenvalue weighted by molar-refractivity contribution is -0.121. The molecule has 1 aromatic carbocycles. The first-order chi connectivity index (χ1) is 7.82. The van der Waals surface area contributed by atoms with E-state index in [4.69, 9.17) is 0 Å². The summed E-state index contributed by atoms with van der Waals surface area (Å²) in [5, 5.41) is 0. The fourth-order valence-electron chi connectivity index (χ4n) is 1.90. The zero-order valence-corrected chi connectivity index (χ0v) is 13.9. The van der Waals surface area contributed by atoms with Crippen LogP contribution in [0.1, 0.15) is 30.5 Å². The first-order valence-corrected chi connectivity index (χ1v) is 7.47. The Morgan fingerprint density at radius 1 is 1.24 bits per heavy atom. The fraction of sp³-hybridized carbons (Fsp3) is 0.500. The van der Waals surface area contributed by atoms with Gasteiger partial charge in [0.05, 0.1) is 4.83 Å². The number of hydrogen-bond acceptors (Lipinski definition) is 1. The highest BCUT2D eigenvalue weighted by Gasteiger charge is 2.20. The smallest absolute Gasteiger partial charge is 0.149 e. The van der Waals surface area contributed by atoms with E-state index in [1.807, 2.05) is 13.8 Å². The van der Waals surface area contributed by atoms with Crippen LogP contribution in [0, 0.1) is 19.8 Å². The molecule has 1 unspecified atom stereocenters. The maximum atomic E-state index is 11.9. The van der Waals surface area contributed by atoms with E-state index in [-0.39, 0.29) is 16.5 Å². The molecule has 0 heterocycles. The van der Waals surface area contributed by atoms with Crippen molar-refractivity contribution in [3.05, 3.63) is 33.3 Å². The Bertz CT molecular complexity index is 401. The van der Waals surface area contributed by atoms with Gasteiger partial charge in [0.1, 0.15) is 5.78 Å². The van der Waals surface area contributed by atoms with Crippen LogP contribution in [-0.4, -0.2) is 10.6 Å². The Kier molecular flexibility index (Phi) is 5.39. The average molecular weight is 362 g/mol. The van der Waals surface area contributed by atoms with E-state index in [0.29, 0.717) is 0 Å². The SMILES string of the molecule is Cc1cc(Br)cc(C)c1CC(Br)C(=O)C(C)C. The Hall–Kier alpha value is -0.150. The van der Waals surface area contributed by atoms with Crippen LogP contribution in [-0.2, 0) is 11.2 Å². The van der Waals surface area contributed by atoms with Crippen molar-refractivity contribution in [3.8, 4) is 0 Å². The zero-order chi connectivity index (χ0) is 13.2. The lowest BCUT2D eigenvalue weighted by Gasteiger charge is -2.15. The maximum absolute atomic E-state index is 11.9. The van der Waals surface area contributed by atoms with Gasteiger partial charge in [0.2, 0.25) is 0 Å². The van der Waals surface area contributed by atoms with Gasteiger partial charge in [-0.2, -0.15) is 0 Å². The largest absolute Gasteiger partial charge is 0.298 e. The minimum Gasteiger partial charge on any atom is -0.298 e. The lowest BCUT2D eigenvalue weighted by atomic mass is 9.95. The number of aryl methyl sites for hydroxylation is 2. The molecule has 1 rings (SSSR count). The molecule has 0 saturated carbocycles. The molecule has 0 aliphatic carbocycles. The van der Waals surface area contributed by atoms with Gasteiger partial charge < -0.3 is 0 Å². The number of alkyl halides is 1. The van der Waals surface area contributed by atoms with Gasteiger partial charge in [-0.1, -0.05) is 45.7 Å². The molecule has 0 radical (unpaired) electrons. The maximum Gasteiger partial charge on any atom is 0.149 e. The van der Waals surface area contributed by atoms with Crippen molar-refractivity contribution in [3.63, 3.8) is 0 Å². The van der Waals surface area contributed by atoms with Crippen molar-refractivity contribution in [2.75, 3.05) is 0 Å². The first kappa shape index (κ1) is 14.9. The molecule has 0 aliphatic heterocycles. The molecule has 1 atom stereocenters. The monoisotopic (exact) mass is 360 g/mol. The normalized spacial score (nSPS) is 12.9. The number of halogens is 2. The van der Waals surface area contributed by atoms with Gasteiger partial charge in [0.15, 0.2) is 0 Å². The number of carbonyl (C=O) groups excluding carboxylic acids is 1. The Labute approximate surface area is 120 Å². The van der Waals surface area contributed by atoms with E-state index in [0.717, 1.165) is 10.9 Å². The molecule has 1 nitrogen and oxygen atoms in total. The molecule has 0 amide bonds. The van der Waals surface area contributed by atoms with E-state index in [9.17, 15) is 4.79 Å². The summed E-state index contributed by atoms with van der Waals surface area (Å²) in [4.78, 5) is 11.8. The highest BCUT2D eigenvalue weighted by Crippen LogP contribution is 2.24. The van der Waals surface area contributed by atoms with E-state index in [1.165, 1.54) is 16.7 Å². The van der Waals surface area contributed by atoms with E-state index >= 15 is 0 Å². The van der Waals surface area contributed by atoms with Crippen LogP contribution in [0.2, 0.25) is 0 Å². The molecule has 0 aromatic heterocycles. The number of hydrogen-bond donors (Lipinski definition) is 0. The molecule has 0 spiro atoms. The Morgan fingerprint density at radius 2 is 1.71 bits per heavy atom. The summed E-state index contributed by atoms with van der Waals surface area (Å²) in [6.07, 6.45) is 0.766. The third kappa shape index (κ3) is 3.92. The molecule has 3 heteroatoms. The number of carbonyl (C=O) groups is 1. The summed E-state index contributed by atoms with van der Waals surface area (Å²) < 4.78 is 1.09. The van der Waals surface area contributed by atoms with Gasteiger partial charge in [0, 0.05) is 10.4 Å². The third-order valence-electron chi connectivity index (χ3n) is 2.92. The van der Waals surface area contributed by atoms with Crippen LogP contribution in [0.3, 0.4) is 0 Å². The topological polar surface area (TPSA) is 17.1 Å². The van der Waals surface area contributed by atoms with Crippen molar-refractivity contribution in [1.29, 1.82) is 0 Å². The fourth-order valence-corrected chi connectivity index (χ4v) is 3.44. The molecule has 0 bridgehead atoms. The minimum absolute atomic E-state index is 0.0791. The minimum atomic E-state index is -0.0823. The second-order valence-corrected chi connectivity index (χ2v) is 6.77. The van der Waals surface area contributed by atoms with Crippen LogP contribution in [0.4, 0.5) is 0 Å². The highest BCUT2D eigenvalue weighted by atomic mass is 79.9. The molecule has 0 fully saturated rings. The van der Waals surface area contributed by atoms with E-state index in [1.54, 1.807) is 0 Å². The van der Waals surface area contributed by atoms with Gasteiger partial charge in [-0.05, 0) is 49.1 Å². The van der Waals surface area contributed by atoms with Crippen LogP contribution in [0.15, 0.2) is 16.6 Å². The molecule has 0 aliphatic rings. The summed E-state index contributed by atoms with van der Waals surface area (Å²) in [6, 6.07) is 4.20. The van der Waals surface area contributed by atoms with Crippen LogP contribution < -0.4 is 0 Å². The van der Waals surface area contributed by atoms with E-state index < -0.39 is 0 Å².